The number of rotatable bonds is 5. The molecular weight excluding hydrogens is 352 g/mol. The maximum atomic E-state index is 5.09. The Morgan fingerprint density at radius 2 is 1.14 bits per heavy atom. The van der Waals surface area contributed by atoms with Crippen molar-refractivity contribution in [3.05, 3.63) is 96.2 Å². The number of aromatic nitrogens is 2. The average molecular weight is 381 g/mol. The van der Waals surface area contributed by atoms with Crippen LogP contribution in [0.5, 0.6) is 0 Å². The summed E-state index contributed by atoms with van der Waals surface area (Å²) in [6.07, 6.45) is 2.20. The fourth-order valence-electron chi connectivity index (χ4n) is 3.88. The molecule has 0 saturated carbocycles. The smallest absolute Gasteiger partial charge is 0.145 e. The molecule has 0 amide bonds. The Kier molecular flexibility index (Phi) is 5.35. The molecule has 146 valence electrons. The minimum absolute atomic E-state index is 0.426. The monoisotopic (exact) mass is 380 g/mol. The van der Waals surface area contributed by atoms with Crippen LogP contribution in [0.2, 0.25) is 0 Å². The largest absolute Gasteiger partial charge is 0.299 e. The van der Waals surface area contributed by atoms with Crippen molar-refractivity contribution in [2.24, 2.45) is 0 Å². The Morgan fingerprint density at radius 1 is 0.621 bits per heavy atom. The van der Waals surface area contributed by atoms with Gasteiger partial charge in [0.2, 0.25) is 0 Å². The molecule has 1 aromatic heterocycles. The molecule has 0 unspecified atom stereocenters. The minimum atomic E-state index is 0.426. The molecule has 1 heterocycles. The van der Waals surface area contributed by atoms with Crippen molar-refractivity contribution in [2.75, 3.05) is 0 Å². The van der Waals surface area contributed by atoms with E-state index in [2.05, 4.69) is 111 Å². The zero-order valence-electron chi connectivity index (χ0n) is 17.6. The van der Waals surface area contributed by atoms with Gasteiger partial charge in [-0.05, 0) is 23.0 Å². The Hall–Kier alpha value is -3.13. The third-order valence-corrected chi connectivity index (χ3v) is 5.39. The maximum absolute atomic E-state index is 5.09. The molecule has 0 N–H and O–H groups in total. The van der Waals surface area contributed by atoms with Crippen molar-refractivity contribution in [3.63, 3.8) is 0 Å². The van der Waals surface area contributed by atoms with E-state index in [1.54, 1.807) is 0 Å². The predicted octanol–water partition coefficient (Wildman–Crippen LogP) is 7.45. The van der Waals surface area contributed by atoms with Crippen LogP contribution < -0.4 is 0 Å². The second-order valence-electron chi connectivity index (χ2n) is 8.15. The van der Waals surface area contributed by atoms with Crippen LogP contribution in [0.15, 0.2) is 85.1 Å². The second kappa shape index (κ2) is 8.08. The number of hydrogen-bond acceptors (Lipinski definition) is 1. The van der Waals surface area contributed by atoms with Crippen LogP contribution in [-0.4, -0.2) is 9.55 Å². The molecule has 0 bridgehead atoms. The van der Waals surface area contributed by atoms with E-state index in [-0.39, 0.29) is 0 Å². The van der Waals surface area contributed by atoms with Gasteiger partial charge in [0.05, 0.1) is 11.4 Å². The van der Waals surface area contributed by atoms with E-state index in [9.17, 15) is 0 Å². The SMILES string of the molecule is CC(C)c1cccc(C(C)C)c1-n1cc(-c2ccccc2)nc1-c1ccccc1. The van der Waals surface area contributed by atoms with Gasteiger partial charge in [-0.1, -0.05) is 107 Å². The van der Waals surface area contributed by atoms with Gasteiger partial charge < -0.3 is 0 Å². The van der Waals surface area contributed by atoms with E-state index < -0.39 is 0 Å². The quantitative estimate of drug-likeness (QED) is 0.351. The lowest BCUT2D eigenvalue weighted by atomic mass is 9.92. The van der Waals surface area contributed by atoms with Crippen LogP contribution in [0, 0.1) is 0 Å². The van der Waals surface area contributed by atoms with Gasteiger partial charge in [0.15, 0.2) is 0 Å². The van der Waals surface area contributed by atoms with Gasteiger partial charge in [-0.15, -0.1) is 0 Å². The Morgan fingerprint density at radius 3 is 1.66 bits per heavy atom. The summed E-state index contributed by atoms with van der Waals surface area (Å²) in [5.74, 6) is 1.84. The predicted molar refractivity (Wildman–Crippen MR) is 123 cm³/mol. The van der Waals surface area contributed by atoms with Gasteiger partial charge in [-0.25, -0.2) is 4.98 Å². The van der Waals surface area contributed by atoms with Crippen LogP contribution in [0.1, 0.15) is 50.7 Å². The van der Waals surface area contributed by atoms with Gasteiger partial charge in [0.25, 0.3) is 0 Å². The number of hydrogen-bond donors (Lipinski definition) is 0. The molecule has 3 aromatic carbocycles. The minimum Gasteiger partial charge on any atom is -0.299 e. The third kappa shape index (κ3) is 3.75. The van der Waals surface area contributed by atoms with Crippen LogP contribution >= 0.6 is 0 Å². The molecule has 29 heavy (non-hydrogen) atoms. The van der Waals surface area contributed by atoms with E-state index >= 15 is 0 Å². The first-order valence-electron chi connectivity index (χ1n) is 10.4. The zero-order valence-corrected chi connectivity index (χ0v) is 17.6. The molecule has 0 saturated heterocycles. The molecule has 2 nitrogen and oxygen atoms in total. The van der Waals surface area contributed by atoms with Crippen molar-refractivity contribution >= 4 is 0 Å². The van der Waals surface area contributed by atoms with Gasteiger partial charge >= 0.3 is 0 Å². The maximum Gasteiger partial charge on any atom is 0.145 e. The van der Waals surface area contributed by atoms with Crippen molar-refractivity contribution in [1.82, 2.24) is 9.55 Å². The van der Waals surface area contributed by atoms with Crippen LogP contribution in [0.25, 0.3) is 28.3 Å². The summed E-state index contributed by atoms with van der Waals surface area (Å²) in [6, 6.07) is 27.6. The van der Waals surface area contributed by atoms with Crippen molar-refractivity contribution in [3.8, 4) is 28.3 Å². The van der Waals surface area contributed by atoms with Gasteiger partial charge in [0, 0.05) is 17.3 Å². The molecule has 0 fully saturated rings. The number of para-hydroxylation sites is 1. The number of benzene rings is 3. The molecule has 4 aromatic rings. The van der Waals surface area contributed by atoms with Crippen molar-refractivity contribution in [1.29, 1.82) is 0 Å². The number of nitrogens with zero attached hydrogens (tertiary/aromatic N) is 2. The van der Waals surface area contributed by atoms with Gasteiger partial charge in [-0.3, -0.25) is 4.57 Å². The summed E-state index contributed by atoms with van der Waals surface area (Å²) in [5, 5.41) is 0. The van der Waals surface area contributed by atoms with E-state index in [0.717, 1.165) is 22.6 Å². The van der Waals surface area contributed by atoms with E-state index in [1.807, 2.05) is 6.07 Å². The molecule has 0 spiro atoms. The second-order valence-corrected chi connectivity index (χ2v) is 8.15. The van der Waals surface area contributed by atoms with Crippen LogP contribution in [-0.2, 0) is 0 Å². The molecule has 4 rings (SSSR count). The fourth-order valence-corrected chi connectivity index (χ4v) is 3.88. The summed E-state index contributed by atoms with van der Waals surface area (Å²) in [5.41, 5.74) is 7.24. The summed E-state index contributed by atoms with van der Waals surface area (Å²) >= 11 is 0. The normalized spacial score (nSPS) is 11.4. The van der Waals surface area contributed by atoms with Crippen LogP contribution in [0.3, 0.4) is 0 Å². The first kappa shape index (κ1) is 19.2. The standard InChI is InChI=1S/C27H28N2/c1-19(2)23-16-11-17-24(20(3)4)26(23)29-18-25(21-12-7-5-8-13-21)28-27(29)22-14-9-6-10-15-22/h5-20H,1-4H3. The summed E-state index contributed by atoms with van der Waals surface area (Å²) in [4.78, 5) is 5.09. The Labute approximate surface area is 173 Å². The highest BCUT2D eigenvalue weighted by Crippen LogP contribution is 2.35. The Balaban J connectivity index is 2.03. The highest BCUT2D eigenvalue weighted by Gasteiger charge is 2.20. The Bertz CT molecular complexity index is 1060. The molecule has 0 aliphatic heterocycles. The van der Waals surface area contributed by atoms with E-state index in [0.29, 0.717) is 11.8 Å². The third-order valence-electron chi connectivity index (χ3n) is 5.39. The molecule has 0 aliphatic rings. The molecule has 0 radical (unpaired) electrons. The topological polar surface area (TPSA) is 17.8 Å². The highest BCUT2D eigenvalue weighted by atomic mass is 15.1. The lowest BCUT2D eigenvalue weighted by molar-refractivity contribution is 0.807. The first-order valence-corrected chi connectivity index (χ1v) is 10.4. The summed E-state index contributed by atoms with van der Waals surface area (Å²) < 4.78 is 2.31. The lowest BCUT2D eigenvalue weighted by Gasteiger charge is -2.21. The van der Waals surface area contributed by atoms with E-state index in [1.165, 1.54) is 16.8 Å². The van der Waals surface area contributed by atoms with E-state index in [4.69, 9.17) is 4.98 Å². The molecular formula is C27H28N2. The molecule has 0 aliphatic carbocycles. The lowest BCUT2D eigenvalue weighted by Crippen LogP contribution is -2.07. The van der Waals surface area contributed by atoms with Crippen molar-refractivity contribution < 1.29 is 0 Å². The number of imidazole rings is 1. The summed E-state index contributed by atoms with van der Waals surface area (Å²) in [6.45, 7) is 9.06. The summed E-state index contributed by atoms with van der Waals surface area (Å²) in [7, 11) is 0. The fraction of sp³-hybridized carbons (Fsp3) is 0.222. The van der Waals surface area contributed by atoms with Crippen LogP contribution in [0.4, 0.5) is 0 Å². The first-order chi connectivity index (χ1) is 14.1. The molecule has 2 heteroatoms. The van der Waals surface area contributed by atoms with Crippen molar-refractivity contribution in [2.45, 2.75) is 39.5 Å². The average Bonchev–Trinajstić information content (AvgIpc) is 3.19. The molecule has 0 atom stereocenters. The van der Waals surface area contributed by atoms with Gasteiger partial charge in [-0.2, -0.15) is 0 Å². The zero-order chi connectivity index (χ0) is 20.4. The highest BCUT2D eigenvalue weighted by molar-refractivity contribution is 5.69. The van der Waals surface area contributed by atoms with Gasteiger partial charge in [0.1, 0.15) is 5.82 Å².